The van der Waals surface area contributed by atoms with Crippen molar-refractivity contribution in [1.82, 2.24) is 19.4 Å². The van der Waals surface area contributed by atoms with Crippen LogP contribution in [-0.4, -0.2) is 33.1 Å². The van der Waals surface area contributed by atoms with E-state index in [2.05, 4.69) is 15.6 Å². The molecule has 0 bridgehead atoms. The summed E-state index contributed by atoms with van der Waals surface area (Å²) in [4.78, 5) is 40.5. The van der Waals surface area contributed by atoms with E-state index in [-0.39, 0.29) is 11.8 Å². The van der Waals surface area contributed by atoms with Crippen LogP contribution in [-0.2, 0) is 18.9 Å². The number of piperidine rings is 1. The minimum absolute atomic E-state index is 0.0325. The van der Waals surface area contributed by atoms with Gasteiger partial charge in [-0.05, 0) is 32.0 Å². The molecule has 2 aromatic heterocycles. The van der Waals surface area contributed by atoms with Crippen LogP contribution in [0.15, 0.2) is 21.9 Å². The van der Waals surface area contributed by atoms with Crippen LogP contribution in [0.2, 0.25) is 0 Å². The maximum absolute atomic E-state index is 12.3. The number of carbonyl (C=O) groups is 1. The number of hydrogen-bond donors (Lipinski definition) is 2. The van der Waals surface area contributed by atoms with Crippen LogP contribution in [0.1, 0.15) is 12.8 Å². The minimum Gasteiger partial charge on any atom is -0.324 e. The van der Waals surface area contributed by atoms with Crippen molar-refractivity contribution in [3.05, 3.63) is 33.1 Å². The second-order valence-corrected chi connectivity index (χ2v) is 5.81. The Kier molecular flexibility index (Phi) is 3.99. The Morgan fingerprint density at radius 2 is 1.96 bits per heavy atom. The van der Waals surface area contributed by atoms with Crippen molar-refractivity contribution in [2.45, 2.75) is 12.8 Å². The van der Waals surface area contributed by atoms with Crippen molar-refractivity contribution in [3.63, 3.8) is 0 Å². The van der Waals surface area contributed by atoms with Crippen molar-refractivity contribution in [1.29, 1.82) is 0 Å². The first-order chi connectivity index (χ1) is 11.0. The molecule has 0 spiro atoms. The summed E-state index contributed by atoms with van der Waals surface area (Å²) in [6, 6.07) is 1.57. The lowest BCUT2D eigenvalue weighted by atomic mass is 9.97. The molecule has 3 heterocycles. The zero-order valence-electron chi connectivity index (χ0n) is 13.1. The quantitative estimate of drug-likeness (QED) is 0.783. The van der Waals surface area contributed by atoms with Crippen LogP contribution in [0.5, 0.6) is 0 Å². The smallest absolute Gasteiger partial charge is 0.324 e. The fraction of sp³-hybridized carbons (Fsp3) is 0.467. The molecule has 8 heteroatoms. The number of anilines is 1. The van der Waals surface area contributed by atoms with E-state index in [1.165, 1.54) is 17.8 Å². The van der Waals surface area contributed by atoms with Crippen molar-refractivity contribution in [2.75, 3.05) is 18.4 Å². The number of nitrogens with zero attached hydrogens (tertiary/aromatic N) is 3. The molecular weight excluding hydrogens is 298 g/mol. The summed E-state index contributed by atoms with van der Waals surface area (Å²) in [7, 11) is 2.98. The summed E-state index contributed by atoms with van der Waals surface area (Å²) in [5.74, 6) is -0.0933. The number of amides is 1. The molecule has 1 amide bonds. The van der Waals surface area contributed by atoms with Gasteiger partial charge in [-0.2, -0.15) is 0 Å². The van der Waals surface area contributed by atoms with Gasteiger partial charge in [-0.1, -0.05) is 0 Å². The molecule has 0 radical (unpaired) electrons. The number of aryl methyl sites for hydroxylation is 1. The second-order valence-electron chi connectivity index (χ2n) is 5.81. The molecule has 0 atom stereocenters. The predicted molar refractivity (Wildman–Crippen MR) is 86.4 cm³/mol. The van der Waals surface area contributed by atoms with E-state index in [9.17, 15) is 14.4 Å². The summed E-state index contributed by atoms with van der Waals surface area (Å²) in [5.41, 5.74) is -0.0789. The van der Waals surface area contributed by atoms with Crippen molar-refractivity contribution in [3.8, 4) is 0 Å². The summed E-state index contributed by atoms with van der Waals surface area (Å²) in [6.07, 6.45) is 3.06. The number of fused-ring (bicyclic) bond motifs is 1. The molecule has 1 saturated heterocycles. The first-order valence-electron chi connectivity index (χ1n) is 7.56. The van der Waals surface area contributed by atoms with E-state index in [1.54, 1.807) is 13.1 Å². The highest BCUT2D eigenvalue weighted by molar-refractivity contribution is 5.94. The third-order valence-electron chi connectivity index (χ3n) is 4.27. The third kappa shape index (κ3) is 2.77. The van der Waals surface area contributed by atoms with Gasteiger partial charge in [0.1, 0.15) is 5.65 Å². The third-order valence-corrected chi connectivity index (χ3v) is 4.27. The maximum atomic E-state index is 12.3. The Labute approximate surface area is 132 Å². The lowest BCUT2D eigenvalue weighted by Crippen LogP contribution is -2.37. The fourth-order valence-corrected chi connectivity index (χ4v) is 2.86. The molecule has 122 valence electrons. The Balaban J connectivity index is 1.95. The summed E-state index contributed by atoms with van der Waals surface area (Å²) in [6.45, 7) is 1.66. The van der Waals surface area contributed by atoms with Crippen LogP contribution in [0.3, 0.4) is 0 Å². The Morgan fingerprint density at radius 1 is 1.26 bits per heavy atom. The first-order valence-corrected chi connectivity index (χ1v) is 7.56. The minimum atomic E-state index is -0.429. The molecule has 2 N–H and O–H groups in total. The van der Waals surface area contributed by atoms with Crippen LogP contribution >= 0.6 is 0 Å². The fourth-order valence-electron chi connectivity index (χ4n) is 2.86. The van der Waals surface area contributed by atoms with Gasteiger partial charge in [-0.3, -0.25) is 18.7 Å². The lowest BCUT2D eigenvalue weighted by Gasteiger charge is -2.21. The molecule has 0 unspecified atom stereocenters. The van der Waals surface area contributed by atoms with Gasteiger partial charge >= 0.3 is 5.69 Å². The highest BCUT2D eigenvalue weighted by Crippen LogP contribution is 2.17. The highest BCUT2D eigenvalue weighted by atomic mass is 16.2. The van der Waals surface area contributed by atoms with Crippen molar-refractivity contribution in [2.24, 2.45) is 20.0 Å². The topological polar surface area (TPSA) is 98.0 Å². The molecule has 23 heavy (non-hydrogen) atoms. The van der Waals surface area contributed by atoms with E-state index in [4.69, 9.17) is 0 Å². The SMILES string of the molecule is Cn1c(=O)c2cc(NC(=O)C3CCNCC3)cnc2n(C)c1=O. The number of pyridine rings is 1. The Morgan fingerprint density at radius 3 is 2.65 bits per heavy atom. The normalized spacial score (nSPS) is 15.7. The largest absolute Gasteiger partial charge is 0.332 e. The van der Waals surface area contributed by atoms with E-state index in [1.807, 2.05) is 0 Å². The van der Waals surface area contributed by atoms with E-state index < -0.39 is 11.2 Å². The average molecular weight is 317 g/mol. The highest BCUT2D eigenvalue weighted by Gasteiger charge is 2.21. The van der Waals surface area contributed by atoms with E-state index in [0.717, 1.165) is 30.5 Å². The molecule has 3 rings (SSSR count). The number of rotatable bonds is 2. The molecule has 1 fully saturated rings. The molecule has 1 aliphatic rings. The van der Waals surface area contributed by atoms with Gasteiger partial charge in [0, 0.05) is 20.0 Å². The number of nitrogens with one attached hydrogen (secondary N) is 2. The second kappa shape index (κ2) is 5.96. The average Bonchev–Trinajstić information content (AvgIpc) is 2.58. The van der Waals surface area contributed by atoms with Gasteiger partial charge in [0.2, 0.25) is 5.91 Å². The van der Waals surface area contributed by atoms with Crippen molar-refractivity contribution >= 4 is 22.6 Å². The monoisotopic (exact) mass is 317 g/mol. The summed E-state index contributed by atoms with van der Waals surface area (Å²) in [5, 5.41) is 6.34. The van der Waals surface area contributed by atoms with Gasteiger partial charge in [0.05, 0.1) is 17.3 Å². The molecule has 2 aromatic rings. The van der Waals surface area contributed by atoms with Gasteiger partial charge in [0.15, 0.2) is 0 Å². The van der Waals surface area contributed by atoms with Gasteiger partial charge in [0.25, 0.3) is 5.56 Å². The standard InChI is InChI=1S/C15H19N5O3/c1-19-12-11(14(22)20(2)15(19)23)7-10(8-17-12)18-13(21)9-3-5-16-6-4-9/h7-9,16H,3-6H2,1-2H3,(H,18,21). The molecule has 0 aromatic carbocycles. The zero-order chi connectivity index (χ0) is 16.6. The predicted octanol–water partition coefficient (Wildman–Crippen LogP) is -0.430. The van der Waals surface area contributed by atoms with Crippen LogP contribution in [0.25, 0.3) is 11.0 Å². The summed E-state index contributed by atoms with van der Waals surface area (Å²) < 4.78 is 2.34. The Hall–Kier alpha value is -2.48. The molecule has 8 nitrogen and oxygen atoms in total. The number of carbonyl (C=O) groups excluding carboxylic acids is 1. The maximum Gasteiger partial charge on any atom is 0.332 e. The lowest BCUT2D eigenvalue weighted by molar-refractivity contribution is -0.120. The Bertz CT molecular complexity index is 877. The van der Waals surface area contributed by atoms with Crippen LogP contribution in [0, 0.1) is 5.92 Å². The van der Waals surface area contributed by atoms with Gasteiger partial charge in [-0.15, -0.1) is 0 Å². The van der Waals surface area contributed by atoms with Gasteiger partial charge < -0.3 is 10.6 Å². The first kappa shape index (κ1) is 15.4. The van der Waals surface area contributed by atoms with E-state index in [0.29, 0.717) is 16.7 Å². The summed E-state index contributed by atoms with van der Waals surface area (Å²) >= 11 is 0. The molecule has 1 aliphatic heterocycles. The van der Waals surface area contributed by atoms with Gasteiger partial charge in [-0.25, -0.2) is 9.78 Å². The number of hydrogen-bond acceptors (Lipinski definition) is 5. The van der Waals surface area contributed by atoms with Crippen LogP contribution in [0.4, 0.5) is 5.69 Å². The zero-order valence-corrected chi connectivity index (χ0v) is 13.1. The molecular formula is C15H19N5O3. The van der Waals surface area contributed by atoms with Crippen molar-refractivity contribution < 1.29 is 4.79 Å². The number of aromatic nitrogens is 3. The van der Waals surface area contributed by atoms with E-state index >= 15 is 0 Å². The van der Waals surface area contributed by atoms with Crippen LogP contribution < -0.4 is 21.9 Å². The molecule has 0 saturated carbocycles. The molecule has 0 aliphatic carbocycles.